The summed E-state index contributed by atoms with van der Waals surface area (Å²) in [6.07, 6.45) is 6.54. The quantitative estimate of drug-likeness (QED) is 0.548. The first-order valence-corrected chi connectivity index (χ1v) is 3.79. The van der Waals surface area contributed by atoms with Crippen LogP contribution in [0.2, 0.25) is 0 Å². The molecule has 1 rings (SSSR count). The summed E-state index contributed by atoms with van der Waals surface area (Å²) in [7, 11) is 0. The SMILES string of the molecule is C=C(C)C1C=CC(N)CC1. The van der Waals surface area contributed by atoms with Crippen LogP contribution in [0, 0.1) is 5.92 Å². The van der Waals surface area contributed by atoms with Gasteiger partial charge in [-0.15, -0.1) is 0 Å². The molecule has 0 heterocycles. The summed E-state index contributed by atoms with van der Waals surface area (Å²) < 4.78 is 0. The maximum absolute atomic E-state index is 5.68. The van der Waals surface area contributed by atoms with Gasteiger partial charge >= 0.3 is 0 Å². The second-order valence-corrected chi connectivity index (χ2v) is 3.08. The fourth-order valence-electron chi connectivity index (χ4n) is 1.25. The molecule has 2 atom stereocenters. The van der Waals surface area contributed by atoms with E-state index in [2.05, 4.69) is 25.7 Å². The van der Waals surface area contributed by atoms with Gasteiger partial charge in [0.1, 0.15) is 0 Å². The Morgan fingerprint density at radius 2 is 2.20 bits per heavy atom. The van der Waals surface area contributed by atoms with Crippen molar-refractivity contribution in [2.75, 3.05) is 0 Å². The smallest absolute Gasteiger partial charge is 0.0224 e. The van der Waals surface area contributed by atoms with E-state index < -0.39 is 0 Å². The predicted octanol–water partition coefficient (Wildman–Crippen LogP) is 1.86. The Bertz CT molecular complexity index is 158. The first kappa shape index (κ1) is 7.55. The lowest BCUT2D eigenvalue weighted by atomic mass is 9.89. The van der Waals surface area contributed by atoms with Gasteiger partial charge in [-0.2, -0.15) is 0 Å². The Kier molecular flexibility index (Phi) is 2.28. The second kappa shape index (κ2) is 3.02. The molecule has 1 aliphatic carbocycles. The molecule has 0 spiro atoms. The minimum atomic E-state index is 0.288. The van der Waals surface area contributed by atoms with Crippen molar-refractivity contribution < 1.29 is 0 Å². The van der Waals surface area contributed by atoms with Crippen LogP contribution in [0.25, 0.3) is 0 Å². The van der Waals surface area contributed by atoms with Crippen LogP contribution < -0.4 is 5.73 Å². The molecular formula is C9H15N. The Morgan fingerprint density at radius 3 is 2.60 bits per heavy atom. The minimum Gasteiger partial charge on any atom is -0.324 e. The predicted molar refractivity (Wildman–Crippen MR) is 44.7 cm³/mol. The van der Waals surface area contributed by atoms with Crippen LogP contribution in [-0.2, 0) is 0 Å². The van der Waals surface area contributed by atoms with E-state index in [1.165, 1.54) is 12.0 Å². The number of hydrogen-bond donors (Lipinski definition) is 1. The average molecular weight is 137 g/mol. The summed E-state index contributed by atoms with van der Waals surface area (Å²) in [5.74, 6) is 0.583. The molecule has 0 aliphatic heterocycles. The Hall–Kier alpha value is -0.560. The Labute approximate surface area is 62.6 Å². The van der Waals surface area contributed by atoms with E-state index in [9.17, 15) is 0 Å². The maximum atomic E-state index is 5.68. The summed E-state index contributed by atoms with van der Waals surface area (Å²) in [5.41, 5.74) is 6.93. The molecule has 0 saturated carbocycles. The largest absolute Gasteiger partial charge is 0.324 e. The van der Waals surface area contributed by atoms with E-state index in [1.807, 2.05) is 0 Å². The standard InChI is InChI=1S/C9H15N/c1-7(2)8-3-5-9(10)6-4-8/h3,5,8-9H,1,4,6,10H2,2H3. The molecule has 2 unspecified atom stereocenters. The normalized spacial score (nSPS) is 32.2. The van der Waals surface area contributed by atoms with Gasteiger partial charge < -0.3 is 5.73 Å². The highest BCUT2D eigenvalue weighted by Gasteiger charge is 2.12. The maximum Gasteiger partial charge on any atom is 0.0224 e. The number of hydrogen-bond acceptors (Lipinski definition) is 1. The topological polar surface area (TPSA) is 26.0 Å². The van der Waals surface area contributed by atoms with Crippen molar-refractivity contribution in [2.45, 2.75) is 25.8 Å². The molecule has 0 aromatic carbocycles. The number of rotatable bonds is 1. The highest BCUT2D eigenvalue weighted by atomic mass is 14.6. The van der Waals surface area contributed by atoms with Crippen molar-refractivity contribution in [3.05, 3.63) is 24.3 Å². The third-order valence-electron chi connectivity index (χ3n) is 2.03. The fourth-order valence-corrected chi connectivity index (χ4v) is 1.25. The van der Waals surface area contributed by atoms with Crippen LogP contribution in [0.5, 0.6) is 0 Å². The highest BCUT2D eigenvalue weighted by Crippen LogP contribution is 2.21. The van der Waals surface area contributed by atoms with Crippen molar-refractivity contribution in [1.82, 2.24) is 0 Å². The van der Waals surface area contributed by atoms with Crippen LogP contribution in [0.4, 0.5) is 0 Å². The van der Waals surface area contributed by atoms with E-state index >= 15 is 0 Å². The van der Waals surface area contributed by atoms with Gasteiger partial charge in [-0.05, 0) is 25.7 Å². The average Bonchev–Trinajstić information content (AvgIpc) is 1.88. The molecule has 1 aliphatic rings. The lowest BCUT2D eigenvalue weighted by Crippen LogP contribution is -2.21. The van der Waals surface area contributed by atoms with Gasteiger partial charge in [-0.1, -0.05) is 24.3 Å². The minimum absolute atomic E-state index is 0.288. The van der Waals surface area contributed by atoms with Gasteiger partial charge in [0, 0.05) is 6.04 Å². The highest BCUT2D eigenvalue weighted by molar-refractivity contribution is 5.11. The fraction of sp³-hybridized carbons (Fsp3) is 0.556. The van der Waals surface area contributed by atoms with Gasteiger partial charge in [-0.25, -0.2) is 0 Å². The summed E-state index contributed by atoms with van der Waals surface area (Å²) in [4.78, 5) is 0. The number of nitrogens with two attached hydrogens (primary N) is 1. The monoisotopic (exact) mass is 137 g/mol. The Morgan fingerprint density at radius 1 is 1.50 bits per heavy atom. The molecule has 0 radical (unpaired) electrons. The second-order valence-electron chi connectivity index (χ2n) is 3.08. The molecule has 0 bridgehead atoms. The molecular weight excluding hydrogens is 122 g/mol. The lowest BCUT2D eigenvalue weighted by Gasteiger charge is -2.19. The van der Waals surface area contributed by atoms with E-state index in [0.29, 0.717) is 5.92 Å². The van der Waals surface area contributed by atoms with E-state index in [4.69, 9.17) is 5.73 Å². The van der Waals surface area contributed by atoms with Crippen molar-refractivity contribution >= 4 is 0 Å². The summed E-state index contributed by atoms with van der Waals surface area (Å²) in [6, 6.07) is 0.288. The molecule has 0 fully saturated rings. The lowest BCUT2D eigenvalue weighted by molar-refractivity contribution is 0.560. The van der Waals surface area contributed by atoms with Crippen molar-refractivity contribution in [2.24, 2.45) is 11.7 Å². The van der Waals surface area contributed by atoms with Gasteiger partial charge in [0.2, 0.25) is 0 Å². The van der Waals surface area contributed by atoms with Gasteiger partial charge in [0.15, 0.2) is 0 Å². The van der Waals surface area contributed by atoms with Crippen molar-refractivity contribution in [1.29, 1.82) is 0 Å². The van der Waals surface area contributed by atoms with Crippen LogP contribution in [0.3, 0.4) is 0 Å². The van der Waals surface area contributed by atoms with Crippen LogP contribution in [0.1, 0.15) is 19.8 Å². The van der Waals surface area contributed by atoms with Gasteiger partial charge in [-0.3, -0.25) is 0 Å². The molecule has 1 nitrogen and oxygen atoms in total. The molecule has 0 amide bonds. The van der Waals surface area contributed by atoms with E-state index in [1.54, 1.807) is 0 Å². The molecule has 2 N–H and O–H groups in total. The first-order valence-electron chi connectivity index (χ1n) is 3.79. The molecule has 0 aromatic rings. The molecule has 56 valence electrons. The van der Waals surface area contributed by atoms with Crippen molar-refractivity contribution in [3.63, 3.8) is 0 Å². The van der Waals surface area contributed by atoms with Crippen LogP contribution >= 0.6 is 0 Å². The van der Waals surface area contributed by atoms with Crippen LogP contribution in [0.15, 0.2) is 24.3 Å². The molecule has 1 heteroatoms. The summed E-state index contributed by atoms with van der Waals surface area (Å²) in [6.45, 7) is 5.99. The zero-order valence-electron chi connectivity index (χ0n) is 6.51. The van der Waals surface area contributed by atoms with Gasteiger partial charge in [0.05, 0.1) is 0 Å². The zero-order valence-corrected chi connectivity index (χ0v) is 6.51. The summed E-state index contributed by atoms with van der Waals surface area (Å²) in [5, 5.41) is 0. The molecule has 10 heavy (non-hydrogen) atoms. The molecule has 0 aromatic heterocycles. The molecule has 0 saturated heterocycles. The first-order chi connectivity index (χ1) is 4.70. The van der Waals surface area contributed by atoms with E-state index in [-0.39, 0.29) is 6.04 Å². The van der Waals surface area contributed by atoms with E-state index in [0.717, 1.165) is 6.42 Å². The van der Waals surface area contributed by atoms with Crippen molar-refractivity contribution in [3.8, 4) is 0 Å². The number of allylic oxidation sites excluding steroid dienone is 2. The van der Waals surface area contributed by atoms with Gasteiger partial charge in [0.25, 0.3) is 0 Å². The summed E-state index contributed by atoms with van der Waals surface area (Å²) >= 11 is 0. The van der Waals surface area contributed by atoms with Crippen LogP contribution in [-0.4, -0.2) is 6.04 Å². The zero-order chi connectivity index (χ0) is 7.56. The third kappa shape index (κ3) is 1.71. The third-order valence-corrected chi connectivity index (χ3v) is 2.03. The Balaban J connectivity index is 2.53.